The average molecular weight is 241 g/mol. The summed E-state index contributed by atoms with van der Waals surface area (Å²) in [5.41, 5.74) is 9.42. The predicted molar refractivity (Wildman–Crippen MR) is 70.5 cm³/mol. The van der Waals surface area contributed by atoms with Crippen LogP contribution >= 0.6 is 0 Å². The van der Waals surface area contributed by atoms with Gasteiger partial charge in [0.25, 0.3) is 0 Å². The van der Waals surface area contributed by atoms with Crippen LogP contribution in [0.4, 0.5) is 10.1 Å². The van der Waals surface area contributed by atoms with Gasteiger partial charge in [0.15, 0.2) is 0 Å². The van der Waals surface area contributed by atoms with Crippen LogP contribution in [0, 0.1) is 5.82 Å². The van der Waals surface area contributed by atoms with E-state index in [2.05, 4.69) is 4.98 Å². The Labute approximate surface area is 104 Å². The molecule has 3 aromatic rings. The molecule has 0 fully saturated rings. The zero-order chi connectivity index (χ0) is 12.7. The molecule has 2 N–H and O–H groups in total. The molecule has 0 bridgehead atoms. The summed E-state index contributed by atoms with van der Waals surface area (Å²) in [6, 6.07) is 8.28. The Morgan fingerprint density at radius 3 is 2.61 bits per heavy atom. The molecule has 2 aromatic heterocycles. The van der Waals surface area contributed by atoms with Crippen molar-refractivity contribution >= 4 is 16.7 Å². The molecule has 0 radical (unpaired) electrons. The minimum absolute atomic E-state index is 0.245. The van der Waals surface area contributed by atoms with E-state index in [4.69, 9.17) is 5.73 Å². The second kappa shape index (κ2) is 3.84. The van der Waals surface area contributed by atoms with E-state index in [0.29, 0.717) is 5.69 Å². The maximum absolute atomic E-state index is 13.0. The van der Waals surface area contributed by atoms with Crippen LogP contribution in [0.15, 0.2) is 42.7 Å². The van der Waals surface area contributed by atoms with Crippen molar-refractivity contribution in [3.63, 3.8) is 0 Å². The molecule has 0 aliphatic rings. The minimum atomic E-state index is -0.245. The summed E-state index contributed by atoms with van der Waals surface area (Å²) in [5, 5.41) is 0.909. The first-order valence-electron chi connectivity index (χ1n) is 5.62. The number of hydrogen-bond acceptors (Lipinski definition) is 2. The van der Waals surface area contributed by atoms with E-state index in [1.54, 1.807) is 18.3 Å². The maximum Gasteiger partial charge on any atom is 0.142 e. The molecule has 18 heavy (non-hydrogen) atoms. The number of aromatic nitrogens is 2. The fourth-order valence-corrected chi connectivity index (χ4v) is 2.21. The summed E-state index contributed by atoms with van der Waals surface area (Å²) >= 11 is 0. The van der Waals surface area contributed by atoms with E-state index < -0.39 is 0 Å². The topological polar surface area (TPSA) is 43.8 Å². The lowest BCUT2D eigenvalue weighted by atomic mass is 10.0. The largest absolute Gasteiger partial charge is 0.397 e. The summed E-state index contributed by atoms with van der Waals surface area (Å²) in [5.74, 6) is -0.245. The van der Waals surface area contributed by atoms with Crippen molar-refractivity contribution in [2.45, 2.75) is 0 Å². The molecule has 1 aromatic carbocycles. The van der Waals surface area contributed by atoms with E-state index in [9.17, 15) is 4.39 Å². The highest BCUT2D eigenvalue weighted by atomic mass is 19.1. The molecule has 0 saturated heterocycles. The standard InChI is InChI=1S/C14H12FN3/c1-18-8-12(16)13-11(6-7-17-14(13)18)9-2-4-10(15)5-3-9/h2-8H,16H2,1H3. The maximum atomic E-state index is 13.0. The molecule has 0 saturated carbocycles. The third kappa shape index (κ3) is 1.54. The second-order valence-corrected chi connectivity index (χ2v) is 4.26. The zero-order valence-corrected chi connectivity index (χ0v) is 9.89. The Bertz CT molecular complexity index is 714. The van der Waals surface area contributed by atoms with Gasteiger partial charge in [-0.1, -0.05) is 12.1 Å². The van der Waals surface area contributed by atoms with Crippen molar-refractivity contribution in [1.82, 2.24) is 9.55 Å². The number of halogens is 1. The normalized spacial score (nSPS) is 11.0. The SMILES string of the molecule is Cn1cc(N)c2c(-c3ccc(F)cc3)ccnc21. The summed E-state index contributed by atoms with van der Waals surface area (Å²) < 4.78 is 14.8. The molecule has 0 amide bonds. The molecule has 4 heteroatoms. The number of hydrogen-bond donors (Lipinski definition) is 1. The Kier molecular flexibility index (Phi) is 2.30. The van der Waals surface area contributed by atoms with Gasteiger partial charge in [0, 0.05) is 24.8 Å². The van der Waals surface area contributed by atoms with Crippen molar-refractivity contribution in [2.75, 3.05) is 5.73 Å². The van der Waals surface area contributed by atoms with E-state index in [-0.39, 0.29) is 5.82 Å². The van der Waals surface area contributed by atoms with Crippen LogP contribution in [-0.2, 0) is 7.05 Å². The first-order chi connectivity index (χ1) is 8.66. The van der Waals surface area contributed by atoms with Gasteiger partial charge >= 0.3 is 0 Å². The summed E-state index contributed by atoms with van der Waals surface area (Å²) in [6.07, 6.45) is 3.57. The number of anilines is 1. The lowest BCUT2D eigenvalue weighted by molar-refractivity contribution is 0.628. The zero-order valence-electron chi connectivity index (χ0n) is 9.89. The molecule has 90 valence electrons. The monoisotopic (exact) mass is 241 g/mol. The van der Waals surface area contributed by atoms with Gasteiger partial charge in [0.1, 0.15) is 11.5 Å². The Hall–Kier alpha value is -2.36. The van der Waals surface area contributed by atoms with Gasteiger partial charge < -0.3 is 10.3 Å². The van der Waals surface area contributed by atoms with Crippen molar-refractivity contribution in [1.29, 1.82) is 0 Å². The van der Waals surface area contributed by atoms with Gasteiger partial charge in [0.2, 0.25) is 0 Å². The molecule has 0 spiro atoms. The van der Waals surface area contributed by atoms with Gasteiger partial charge in [-0.15, -0.1) is 0 Å². The molecule has 0 aliphatic carbocycles. The molecule has 3 nitrogen and oxygen atoms in total. The van der Waals surface area contributed by atoms with Crippen LogP contribution < -0.4 is 5.73 Å². The van der Waals surface area contributed by atoms with Crippen LogP contribution in [0.3, 0.4) is 0 Å². The first-order valence-corrected chi connectivity index (χ1v) is 5.62. The lowest BCUT2D eigenvalue weighted by Gasteiger charge is -2.04. The fourth-order valence-electron chi connectivity index (χ4n) is 2.21. The van der Waals surface area contributed by atoms with Gasteiger partial charge in [-0.2, -0.15) is 0 Å². The van der Waals surface area contributed by atoms with E-state index in [1.165, 1.54) is 12.1 Å². The Balaban J connectivity index is 2.32. The van der Waals surface area contributed by atoms with Crippen LogP contribution in [0.25, 0.3) is 22.2 Å². The average Bonchev–Trinajstić information content (AvgIpc) is 2.66. The highest BCUT2D eigenvalue weighted by Gasteiger charge is 2.11. The number of rotatable bonds is 1. The van der Waals surface area contributed by atoms with E-state index in [0.717, 1.165) is 22.2 Å². The second-order valence-electron chi connectivity index (χ2n) is 4.26. The quantitative estimate of drug-likeness (QED) is 0.711. The molecular weight excluding hydrogens is 229 g/mol. The highest BCUT2D eigenvalue weighted by Crippen LogP contribution is 2.32. The third-order valence-corrected chi connectivity index (χ3v) is 3.04. The van der Waals surface area contributed by atoms with Crippen molar-refractivity contribution in [3.05, 3.63) is 48.5 Å². The number of fused-ring (bicyclic) bond motifs is 1. The van der Waals surface area contributed by atoms with Crippen LogP contribution in [0.5, 0.6) is 0 Å². The molecular formula is C14H12FN3. The Morgan fingerprint density at radius 2 is 1.89 bits per heavy atom. The van der Waals surface area contributed by atoms with Crippen LogP contribution in [-0.4, -0.2) is 9.55 Å². The summed E-state index contributed by atoms with van der Waals surface area (Å²) in [7, 11) is 1.90. The van der Waals surface area contributed by atoms with Crippen molar-refractivity contribution in [2.24, 2.45) is 7.05 Å². The molecule has 0 unspecified atom stereocenters. The van der Waals surface area contributed by atoms with Crippen LogP contribution in [0.2, 0.25) is 0 Å². The van der Waals surface area contributed by atoms with Crippen LogP contribution in [0.1, 0.15) is 0 Å². The number of pyridine rings is 1. The first kappa shape index (κ1) is 10.8. The molecule has 2 heterocycles. The predicted octanol–water partition coefficient (Wildman–Crippen LogP) is 2.96. The number of nitrogen functional groups attached to an aromatic ring is 1. The highest BCUT2D eigenvalue weighted by molar-refractivity contribution is 6.01. The number of benzene rings is 1. The Morgan fingerprint density at radius 1 is 1.17 bits per heavy atom. The smallest absolute Gasteiger partial charge is 0.142 e. The van der Waals surface area contributed by atoms with Gasteiger partial charge in [-0.3, -0.25) is 0 Å². The van der Waals surface area contributed by atoms with Crippen molar-refractivity contribution < 1.29 is 4.39 Å². The van der Waals surface area contributed by atoms with Gasteiger partial charge in [-0.05, 0) is 29.3 Å². The van der Waals surface area contributed by atoms with Crippen molar-refractivity contribution in [3.8, 4) is 11.1 Å². The lowest BCUT2D eigenvalue weighted by Crippen LogP contribution is -1.89. The molecule has 0 aliphatic heterocycles. The number of aryl methyl sites for hydroxylation is 1. The number of nitrogens with zero attached hydrogens (tertiary/aromatic N) is 2. The summed E-state index contributed by atoms with van der Waals surface area (Å²) in [6.45, 7) is 0. The third-order valence-electron chi connectivity index (χ3n) is 3.04. The van der Waals surface area contributed by atoms with Gasteiger partial charge in [0.05, 0.1) is 5.69 Å². The fraction of sp³-hybridized carbons (Fsp3) is 0.0714. The van der Waals surface area contributed by atoms with E-state index >= 15 is 0 Å². The molecule has 3 rings (SSSR count). The molecule has 0 atom stereocenters. The minimum Gasteiger partial charge on any atom is -0.397 e. The summed E-state index contributed by atoms with van der Waals surface area (Å²) in [4.78, 5) is 4.31. The van der Waals surface area contributed by atoms with E-state index in [1.807, 2.05) is 23.9 Å². The number of nitrogens with two attached hydrogens (primary N) is 1. The van der Waals surface area contributed by atoms with Gasteiger partial charge in [-0.25, -0.2) is 9.37 Å².